The minimum absolute atomic E-state index is 0.432. The maximum Gasteiger partial charge on any atom is 0.129 e. The molecule has 0 aliphatic heterocycles. The molecule has 1 fully saturated rings. The molecular formula is C15H25N3O. The Balaban J connectivity index is 1.68. The van der Waals surface area contributed by atoms with Gasteiger partial charge >= 0.3 is 0 Å². The molecule has 1 aliphatic rings. The second kappa shape index (κ2) is 7.43. The van der Waals surface area contributed by atoms with Crippen LogP contribution in [0.15, 0.2) is 12.4 Å². The third-order valence-corrected chi connectivity index (χ3v) is 3.59. The molecule has 0 aromatic carbocycles. The molecule has 1 aliphatic carbocycles. The molecule has 1 aromatic heterocycles. The van der Waals surface area contributed by atoms with Gasteiger partial charge in [-0.25, -0.2) is 9.97 Å². The number of ether oxygens (including phenoxy) is 1. The van der Waals surface area contributed by atoms with E-state index in [-0.39, 0.29) is 0 Å². The monoisotopic (exact) mass is 263 g/mol. The average Bonchev–Trinajstić information content (AvgIpc) is 2.45. The van der Waals surface area contributed by atoms with Crippen LogP contribution in [0.4, 0.5) is 5.82 Å². The summed E-state index contributed by atoms with van der Waals surface area (Å²) in [6, 6.07) is 2.02. The second-order valence-electron chi connectivity index (χ2n) is 5.54. The predicted octanol–water partition coefficient (Wildman–Crippen LogP) is 3.36. The normalized spacial score (nSPS) is 16.8. The molecule has 0 spiro atoms. The third kappa shape index (κ3) is 4.78. The summed E-state index contributed by atoms with van der Waals surface area (Å²) in [6.07, 6.45) is 8.57. The van der Waals surface area contributed by atoms with E-state index in [0.717, 1.165) is 24.7 Å². The van der Waals surface area contributed by atoms with Gasteiger partial charge in [0.25, 0.3) is 0 Å². The van der Waals surface area contributed by atoms with Crippen LogP contribution in [0.3, 0.4) is 0 Å². The van der Waals surface area contributed by atoms with E-state index < -0.39 is 0 Å². The first-order chi connectivity index (χ1) is 9.25. The van der Waals surface area contributed by atoms with Crippen molar-refractivity contribution in [3.63, 3.8) is 0 Å². The minimum atomic E-state index is 0.432. The number of rotatable bonds is 6. The van der Waals surface area contributed by atoms with Crippen molar-refractivity contribution < 1.29 is 4.74 Å². The molecule has 19 heavy (non-hydrogen) atoms. The summed E-state index contributed by atoms with van der Waals surface area (Å²) in [5.41, 5.74) is 1.07. The van der Waals surface area contributed by atoms with Crippen LogP contribution >= 0.6 is 0 Å². The first kappa shape index (κ1) is 14.3. The summed E-state index contributed by atoms with van der Waals surface area (Å²) >= 11 is 0. The lowest BCUT2D eigenvalue weighted by molar-refractivity contribution is 0.0347. The van der Waals surface area contributed by atoms with E-state index in [9.17, 15) is 0 Å². The molecule has 106 valence electrons. The molecule has 1 heterocycles. The van der Waals surface area contributed by atoms with Crippen LogP contribution in [0.2, 0.25) is 0 Å². The highest BCUT2D eigenvalue weighted by Gasteiger charge is 2.13. The Morgan fingerprint density at radius 1 is 1.26 bits per heavy atom. The summed E-state index contributed by atoms with van der Waals surface area (Å²) in [5.74, 6) is 1.33. The molecule has 0 bridgehead atoms. The van der Waals surface area contributed by atoms with Gasteiger partial charge in [0.15, 0.2) is 0 Å². The van der Waals surface area contributed by atoms with Crippen LogP contribution in [-0.2, 0) is 4.74 Å². The van der Waals surface area contributed by atoms with Gasteiger partial charge in [0.2, 0.25) is 0 Å². The molecule has 0 unspecified atom stereocenters. The zero-order valence-electron chi connectivity index (χ0n) is 12.1. The van der Waals surface area contributed by atoms with Crippen LogP contribution in [0, 0.1) is 0 Å². The summed E-state index contributed by atoms with van der Waals surface area (Å²) < 4.78 is 5.88. The van der Waals surface area contributed by atoms with Gasteiger partial charge in [-0.2, -0.15) is 0 Å². The summed E-state index contributed by atoms with van der Waals surface area (Å²) in [4.78, 5) is 8.49. The molecule has 0 saturated heterocycles. The van der Waals surface area contributed by atoms with Crippen LogP contribution < -0.4 is 5.32 Å². The largest absolute Gasteiger partial charge is 0.376 e. The van der Waals surface area contributed by atoms with E-state index in [1.165, 1.54) is 32.1 Å². The lowest BCUT2D eigenvalue weighted by Crippen LogP contribution is -2.20. The zero-order valence-corrected chi connectivity index (χ0v) is 12.1. The van der Waals surface area contributed by atoms with Gasteiger partial charge in [0, 0.05) is 18.3 Å². The molecular weight excluding hydrogens is 238 g/mol. The molecule has 0 radical (unpaired) electrons. The zero-order chi connectivity index (χ0) is 13.5. The summed E-state index contributed by atoms with van der Waals surface area (Å²) in [7, 11) is 0. The molecule has 1 saturated carbocycles. The molecule has 1 N–H and O–H groups in total. The van der Waals surface area contributed by atoms with Crippen molar-refractivity contribution in [2.24, 2.45) is 0 Å². The quantitative estimate of drug-likeness (QED) is 0.799. The highest BCUT2D eigenvalue weighted by Crippen LogP contribution is 2.20. The fourth-order valence-corrected chi connectivity index (χ4v) is 2.42. The number of aromatic nitrogens is 2. The van der Waals surface area contributed by atoms with Crippen molar-refractivity contribution in [1.29, 1.82) is 0 Å². The Morgan fingerprint density at radius 2 is 2.05 bits per heavy atom. The summed E-state index contributed by atoms with van der Waals surface area (Å²) in [6.45, 7) is 5.84. The standard InChI is InChI=1S/C15H25N3O/c1-12(2)14-10-15(18-11-17-14)16-8-9-19-13-6-4-3-5-7-13/h10-13H,3-9H2,1-2H3,(H,16,17,18). The van der Waals surface area contributed by atoms with Crippen molar-refractivity contribution in [2.45, 2.75) is 58.0 Å². The van der Waals surface area contributed by atoms with E-state index in [4.69, 9.17) is 4.74 Å². The summed E-state index contributed by atoms with van der Waals surface area (Å²) in [5, 5.41) is 3.30. The maximum atomic E-state index is 5.88. The van der Waals surface area contributed by atoms with Crippen molar-refractivity contribution in [1.82, 2.24) is 9.97 Å². The third-order valence-electron chi connectivity index (χ3n) is 3.59. The van der Waals surface area contributed by atoms with Crippen molar-refractivity contribution in [2.75, 3.05) is 18.5 Å². The van der Waals surface area contributed by atoms with Gasteiger partial charge in [-0.15, -0.1) is 0 Å². The van der Waals surface area contributed by atoms with Gasteiger partial charge in [-0.05, 0) is 18.8 Å². The maximum absolute atomic E-state index is 5.88. The molecule has 4 nitrogen and oxygen atoms in total. The van der Waals surface area contributed by atoms with Crippen LogP contribution in [-0.4, -0.2) is 29.2 Å². The Hall–Kier alpha value is -1.16. The number of nitrogens with one attached hydrogen (secondary N) is 1. The van der Waals surface area contributed by atoms with Crippen LogP contribution in [0.25, 0.3) is 0 Å². The predicted molar refractivity (Wildman–Crippen MR) is 77.4 cm³/mol. The topological polar surface area (TPSA) is 47.0 Å². The lowest BCUT2D eigenvalue weighted by atomic mass is 9.98. The molecule has 1 aromatic rings. The highest BCUT2D eigenvalue weighted by atomic mass is 16.5. The van der Waals surface area contributed by atoms with Crippen LogP contribution in [0.5, 0.6) is 0 Å². The Bertz CT molecular complexity index is 375. The van der Waals surface area contributed by atoms with Gasteiger partial charge in [0.05, 0.1) is 12.7 Å². The lowest BCUT2D eigenvalue weighted by Gasteiger charge is -2.22. The highest BCUT2D eigenvalue weighted by molar-refractivity contribution is 5.35. The number of nitrogens with zero attached hydrogens (tertiary/aromatic N) is 2. The molecule has 4 heteroatoms. The van der Waals surface area contributed by atoms with E-state index in [1.54, 1.807) is 6.33 Å². The minimum Gasteiger partial charge on any atom is -0.376 e. The van der Waals surface area contributed by atoms with Crippen molar-refractivity contribution in [3.8, 4) is 0 Å². The smallest absolute Gasteiger partial charge is 0.129 e. The average molecular weight is 263 g/mol. The van der Waals surface area contributed by atoms with Crippen LogP contribution in [0.1, 0.15) is 57.6 Å². The molecule has 0 atom stereocenters. The van der Waals surface area contributed by atoms with Gasteiger partial charge in [-0.3, -0.25) is 0 Å². The molecule has 2 rings (SSSR count). The fraction of sp³-hybridized carbons (Fsp3) is 0.733. The first-order valence-corrected chi connectivity index (χ1v) is 7.43. The number of hydrogen-bond acceptors (Lipinski definition) is 4. The first-order valence-electron chi connectivity index (χ1n) is 7.43. The van der Waals surface area contributed by atoms with Crippen molar-refractivity contribution >= 4 is 5.82 Å². The fourth-order valence-electron chi connectivity index (χ4n) is 2.42. The van der Waals surface area contributed by atoms with Gasteiger partial charge in [0.1, 0.15) is 12.1 Å². The molecule has 0 amide bonds. The number of anilines is 1. The van der Waals surface area contributed by atoms with E-state index >= 15 is 0 Å². The Morgan fingerprint density at radius 3 is 2.79 bits per heavy atom. The van der Waals surface area contributed by atoms with E-state index in [1.807, 2.05) is 6.07 Å². The second-order valence-corrected chi connectivity index (χ2v) is 5.54. The Kier molecular flexibility index (Phi) is 5.58. The van der Waals surface area contributed by atoms with Gasteiger partial charge < -0.3 is 10.1 Å². The number of hydrogen-bond donors (Lipinski definition) is 1. The van der Waals surface area contributed by atoms with Crippen molar-refractivity contribution in [3.05, 3.63) is 18.1 Å². The van der Waals surface area contributed by atoms with Gasteiger partial charge in [-0.1, -0.05) is 33.1 Å². The van der Waals surface area contributed by atoms with E-state index in [0.29, 0.717) is 12.0 Å². The Labute approximate surface area is 116 Å². The SMILES string of the molecule is CC(C)c1cc(NCCOC2CCCCC2)ncn1. The van der Waals surface area contributed by atoms with E-state index in [2.05, 4.69) is 29.1 Å².